The Balaban J connectivity index is 2.23. The second-order valence-corrected chi connectivity index (χ2v) is 5.24. The van der Waals surface area contributed by atoms with Gasteiger partial charge >= 0.3 is 0 Å². The van der Waals surface area contributed by atoms with Crippen LogP contribution in [0.5, 0.6) is 0 Å². The molecule has 0 unspecified atom stereocenters. The van der Waals surface area contributed by atoms with Gasteiger partial charge in [-0.15, -0.1) is 0 Å². The molecule has 1 nitrogen and oxygen atoms in total. The topological polar surface area (TPSA) is 12.4 Å². The van der Waals surface area contributed by atoms with Gasteiger partial charge in [0.05, 0.1) is 0 Å². The van der Waals surface area contributed by atoms with Crippen molar-refractivity contribution in [3.63, 3.8) is 0 Å². The fraction of sp³-hybridized carbons (Fsp3) is 0.533. The van der Waals surface area contributed by atoms with Gasteiger partial charge < -0.3 is 0 Å². The Morgan fingerprint density at radius 3 is 2.28 bits per heavy atom. The van der Waals surface area contributed by atoms with Crippen LogP contribution >= 0.6 is 23.2 Å². The molecule has 0 aliphatic heterocycles. The van der Waals surface area contributed by atoms with E-state index in [0.717, 1.165) is 23.6 Å². The number of halogens is 2. The van der Waals surface area contributed by atoms with E-state index in [1.165, 1.54) is 32.1 Å². The van der Waals surface area contributed by atoms with Crippen LogP contribution in [0, 0.1) is 0 Å². The van der Waals surface area contributed by atoms with E-state index in [2.05, 4.69) is 11.9 Å². The van der Waals surface area contributed by atoms with Crippen molar-refractivity contribution >= 4 is 28.4 Å². The van der Waals surface area contributed by atoms with Crippen molar-refractivity contribution in [2.24, 2.45) is 4.99 Å². The molecule has 0 saturated carbocycles. The van der Waals surface area contributed by atoms with Crippen LogP contribution in [0.2, 0.25) is 5.02 Å². The molecule has 1 rings (SSSR count). The molecule has 3 heteroatoms. The van der Waals surface area contributed by atoms with Crippen molar-refractivity contribution in [3.05, 3.63) is 34.9 Å². The number of hydrogen-bond acceptors (Lipinski definition) is 1. The largest absolute Gasteiger partial charge is 0.273 e. The lowest BCUT2D eigenvalue weighted by Gasteiger charge is -2.00. The minimum Gasteiger partial charge on any atom is -0.273 e. The lowest BCUT2D eigenvalue weighted by atomic mass is 10.1. The van der Waals surface area contributed by atoms with Crippen molar-refractivity contribution < 1.29 is 0 Å². The molecule has 0 aliphatic carbocycles. The van der Waals surface area contributed by atoms with Crippen molar-refractivity contribution in [2.45, 2.75) is 45.4 Å². The summed E-state index contributed by atoms with van der Waals surface area (Å²) >= 11 is 11.9. The zero-order valence-corrected chi connectivity index (χ0v) is 12.5. The molecule has 0 fully saturated rings. The van der Waals surface area contributed by atoms with Crippen molar-refractivity contribution in [3.8, 4) is 0 Å². The first-order valence-electron chi connectivity index (χ1n) is 6.70. The van der Waals surface area contributed by atoms with Gasteiger partial charge in [-0.3, -0.25) is 4.99 Å². The monoisotopic (exact) mass is 285 g/mol. The lowest BCUT2D eigenvalue weighted by molar-refractivity contribution is 0.612. The van der Waals surface area contributed by atoms with Gasteiger partial charge in [-0.05, 0) is 18.6 Å². The third-order valence-corrected chi connectivity index (χ3v) is 3.43. The Morgan fingerprint density at radius 2 is 1.61 bits per heavy atom. The number of benzene rings is 1. The molecule has 0 saturated heterocycles. The molecule has 0 amide bonds. The van der Waals surface area contributed by atoms with E-state index in [9.17, 15) is 0 Å². The highest BCUT2D eigenvalue weighted by atomic mass is 35.5. The highest BCUT2D eigenvalue weighted by Gasteiger charge is 1.98. The Morgan fingerprint density at radius 1 is 1.00 bits per heavy atom. The molecule has 0 bridgehead atoms. The van der Waals surface area contributed by atoms with Gasteiger partial charge in [0.1, 0.15) is 5.17 Å². The first kappa shape index (κ1) is 15.5. The zero-order valence-electron chi connectivity index (χ0n) is 11.0. The molecular formula is C15H21Cl2N. The summed E-state index contributed by atoms with van der Waals surface area (Å²) in [6.07, 6.45) is 7.64. The van der Waals surface area contributed by atoms with Crippen LogP contribution in [0.4, 0.5) is 0 Å². The smallest absolute Gasteiger partial charge is 0.130 e. The molecule has 0 N–H and O–H groups in total. The molecule has 0 radical (unpaired) electrons. The second kappa shape index (κ2) is 9.41. The maximum atomic E-state index is 6.13. The van der Waals surface area contributed by atoms with Gasteiger partial charge in [0.25, 0.3) is 0 Å². The fourth-order valence-electron chi connectivity index (χ4n) is 1.75. The molecule has 0 heterocycles. The van der Waals surface area contributed by atoms with Gasteiger partial charge in [0.2, 0.25) is 0 Å². The number of aliphatic imine (C=N–C) groups is 1. The highest BCUT2D eigenvalue weighted by Crippen LogP contribution is 2.12. The number of unbranched alkanes of at least 4 members (excludes halogenated alkanes) is 5. The summed E-state index contributed by atoms with van der Waals surface area (Å²) in [5, 5.41) is 1.30. The minimum atomic E-state index is 0.584. The van der Waals surface area contributed by atoms with E-state index in [4.69, 9.17) is 23.2 Å². The Hall–Kier alpha value is -0.530. The van der Waals surface area contributed by atoms with Gasteiger partial charge in [-0.25, -0.2) is 0 Å². The standard InChI is InChI=1S/C15H21Cl2N/c1-2-3-4-5-6-7-12-18-15(17)13-8-10-14(16)11-9-13/h8-11H,2-7,12H2,1H3. The Kier molecular flexibility index (Phi) is 8.11. The molecule has 18 heavy (non-hydrogen) atoms. The molecular weight excluding hydrogens is 265 g/mol. The van der Waals surface area contributed by atoms with Gasteiger partial charge in [0.15, 0.2) is 0 Å². The average molecular weight is 286 g/mol. The predicted octanol–water partition coefficient (Wildman–Crippen LogP) is 5.69. The van der Waals surface area contributed by atoms with Gasteiger partial charge in [-0.2, -0.15) is 0 Å². The number of hydrogen-bond donors (Lipinski definition) is 0. The molecule has 100 valence electrons. The second-order valence-electron chi connectivity index (χ2n) is 4.45. The number of nitrogens with zero attached hydrogens (tertiary/aromatic N) is 1. The quantitative estimate of drug-likeness (QED) is 0.430. The van der Waals surface area contributed by atoms with E-state index < -0.39 is 0 Å². The lowest BCUT2D eigenvalue weighted by Crippen LogP contribution is -1.93. The third-order valence-electron chi connectivity index (χ3n) is 2.84. The van der Waals surface area contributed by atoms with Crippen LogP contribution < -0.4 is 0 Å². The van der Waals surface area contributed by atoms with E-state index in [1.54, 1.807) is 0 Å². The van der Waals surface area contributed by atoms with Crippen LogP contribution in [0.15, 0.2) is 29.3 Å². The van der Waals surface area contributed by atoms with Crippen LogP contribution in [0.25, 0.3) is 0 Å². The van der Waals surface area contributed by atoms with E-state index in [0.29, 0.717) is 5.17 Å². The molecule has 0 aliphatic rings. The van der Waals surface area contributed by atoms with Crippen LogP contribution in [-0.2, 0) is 0 Å². The van der Waals surface area contributed by atoms with Crippen molar-refractivity contribution in [1.82, 2.24) is 0 Å². The summed E-state index contributed by atoms with van der Waals surface area (Å²) in [6.45, 7) is 3.05. The minimum absolute atomic E-state index is 0.584. The maximum absolute atomic E-state index is 6.13. The fourth-order valence-corrected chi connectivity index (χ4v) is 2.08. The molecule has 1 aromatic carbocycles. The maximum Gasteiger partial charge on any atom is 0.130 e. The predicted molar refractivity (Wildman–Crippen MR) is 82.1 cm³/mol. The molecule has 0 spiro atoms. The SMILES string of the molecule is CCCCCCCCN=C(Cl)c1ccc(Cl)cc1. The Bertz CT molecular complexity index is 357. The summed E-state index contributed by atoms with van der Waals surface area (Å²) in [4.78, 5) is 4.38. The molecule has 0 atom stereocenters. The molecule has 0 aromatic heterocycles. The summed E-state index contributed by atoms with van der Waals surface area (Å²) in [5.41, 5.74) is 0.937. The first-order valence-corrected chi connectivity index (χ1v) is 7.45. The van der Waals surface area contributed by atoms with Crippen LogP contribution in [-0.4, -0.2) is 11.7 Å². The van der Waals surface area contributed by atoms with Gasteiger partial charge in [0, 0.05) is 17.1 Å². The number of rotatable bonds is 8. The van der Waals surface area contributed by atoms with Gasteiger partial charge in [-0.1, -0.05) is 74.4 Å². The highest BCUT2D eigenvalue weighted by molar-refractivity contribution is 6.69. The van der Waals surface area contributed by atoms with Crippen molar-refractivity contribution in [1.29, 1.82) is 0 Å². The summed E-state index contributed by atoms with van der Waals surface area (Å²) < 4.78 is 0. The van der Waals surface area contributed by atoms with E-state index in [-0.39, 0.29) is 0 Å². The van der Waals surface area contributed by atoms with E-state index >= 15 is 0 Å². The summed E-state index contributed by atoms with van der Waals surface area (Å²) in [5.74, 6) is 0. The zero-order chi connectivity index (χ0) is 13.2. The first-order chi connectivity index (χ1) is 8.74. The van der Waals surface area contributed by atoms with Crippen LogP contribution in [0.1, 0.15) is 51.0 Å². The molecule has 1 aromatic rings. The summed E-state index contributed by atoms with van der Waals surface area (Å²) in [6, 6.07) is 7.46. The van der Waals surface area contributed by atoms with E-state index in [1.807, 2.05) is 24.3 Å². The van der Waals surface area contributed by atoms with Crippen molar-refractivity contribution in [2.75, 3.05) is 6.54 Å². The Labute approximate surface area is 120 Å². The van der Waals surface area contributed by atoms with Crippen LogP contribution in [0.3, 0.4) is 0 Å². The third kappa shape index (κ3) is 6.42. The average Bonchev–Trinajstić information content (AvgIpc) is 2.38. The normalized spacial score (nSPS) is 11.8. The summed E-state index contributed by atoms with van der Waals surface area (Å²) in [7, 11) is 0.